The number of hydrogen-bond donors (Lipinski definition) is 2. The van der Waals surface area contributed by atoms with Crippen molar-refractivity contribution in [2.45, 2.75) is 6.54 Å². The van der Waals surface area contributed by atoms with Crippen LogP contribution in [0.3, 0.4) is 0 Å². The van der Waals surface area contributed by atoms with E-state index >= 15 is 0 Å². The molecule has 1 aromatic heterocycles. The van der Waals surface area contributed by atoms with Crippen molar-refractivity contribution in [3.63, 3.8) is 0 Å². The van der Waals surface area contributed by atoms with Crippen LogP contribution in [0, 0.1) is 0 Å². The van der Waals surface area contributed by atoms with E-state index in [0.29, 0.717) is 22.2 Å². The molecule has 0 bridgehead atoms. The molecule has 0 aliphatic carbocycles. The molecule has 2 aromatic rings. The van der Waals surface area contributed by atoms with Gasteiger partial charge >= 0.3 is 0 Å². The number of benzene rings is 1. The molecular formula is C15H12N2O3S. The quantitative estimate of drug-likeness (QED) is 0.855. The summed E-state index contributed by atoms with van der Waals surface area (Å²) in [6.07, 6.45) is 3.23. The van der Waals surface area contributed by atoms with Gasteiger partial charge in [-0.05, 0) is 36.0 Å². The first-order valence-corrected chi connectivity index (χ1v) is 7.10. The van der Waals surface area contributed by atoms with Crippen molar-refractivity contribution in [3.8, 4) is 5.75 Å². The minimum Gasteiger partial charge on any atom is -0.507 e. The van der Waals surface area contributed by atoms with Crippen LogP contribution >= 0.6 is 11.8 Å². The van der Waals surface area contributed by atoms with Crippen LogP contribution in [0.1, 0.15) is 11.3 Å². The Labute approximate surface area is 125 Å². The molecule has 2 N–H and O–H groups in total. The number of amides is 1. The number of aliphatic imine (C=N–C) groups is 1. The van der Waals surface area contributed by atoms with Gasteiger partial charge in [-0.25, -0.2) is 0 Å². The average molecular weight is 300 g/mol. The number of phenols is 1. The van der Waals surface area contributed by atoms with Gasteiger partial charge in [-0.1, -0.05) is 18.2 Å². The highest BCUT2D eigenvalue weighted by molar-refractivity contribution is 8.18. The van der Waals surface area contributed by atoms with Crippen LogP contribution in [0.15, 0.2) is 57.0 Å². The van der Waals surface area contributed by atoms with Crippen LogP contribution in [0.25, 0.3) is 6.08 Å². The third kappa shape index (κ3) is 3.17. The number of aromatic hydroxyl groups is 1. The molecular weight excluding hydrogens is 288 g/mol. The fourth-order valence-electron chi connectivity index (χ4n) is 1.80. The molecule has 1 fully saturated rings. The number of amidine groups is 1. The molecule has 21 heavy (non-hydrogen) atoms. The second-order valence-corrected chi connectivity index (χ2v) is 5.35. The Morgan fingerprint density at radius 3 is 2.90 bits per heavy atom. The topological polar surface area (TPSA) is 74.8 Å². The van der Waals surface area contributed by atoms with E-state index < -0.39 is 0 Å². The van der Waals surface area contributed by atoms with Gasteiger partial charge in [0.2, 0.25) is 0 Å². The van der Waals surface area contributed by atoms with Crippen LogP contribution in [0.5, 0.6) is 5.75 Å². The number of thioether (sulfide) groups is 1. The molecule has 0 saturated carbocycles. The minimum absolute atomic E-state index is 0.138. The SMILES string of the molecule is O=C1NC(=NCc2ccco2)S/C1=C\c1ccccc1O. The highest BCUT2D eigenvalue weighted by Gasteiger charge is 2.23. The fourth-order valence-corrected chi connectivity index (χ4v) is 2.62. The standard InChI is InChI=1S/C15H12N2O3S/c18-12-6-2-1-4-10(12)8-13-14(19)17-15(21-13)16-9-11-5-3-7-20-11/h1-8,18H,9H2,(H,16,17,19)/b13-8-. The normalized spacial score (nSPS) is 18.4. The molecule has 0 atom stereocenters. The van der Waals surface area contributed by atoms with Crippen LogP contribution in [0.2, 0.25) is 0 Å². The maximum atomic E-state index is 11.9. The predicted molar refractivity (Wildman–Crippen MR) is 81.7 cm³/mol. The van der Waals surface area contributed by atoms with E-state index in [-0.39, 0.29) is 11.7 Å². The van der Waals surface area contributed by atoms with Crippen LogP contribution < -0.4 is 5.32 Å². The first kappa shape index (κ1) is 13.5. The molecule has 3 rings (SSSR count). The van der Waals surface area contributed by atoms with Gasteiger partial charge in [0.1, 0.15) is 11.5 Å². The lowest BCUT2D eigenvalue weighted by atomic mass is 10.2. The molecule has 1 aromatic carbocycles. The number of para-hydroxylation sites is 1. The number of nitrogens with one attached hydrogen (secondary N) is 1. The highest BCUT2D eigenvalue weighted by atomic mass is 32.2. The fraction of sp³-hybridized carbons (Fsp3) is 0.0667. The maximum Gasteiger partial charge on any atom is 0.264 e. The van der Waals surface area contributed by atoms with E-state index in [4.69, 9.17) is 4.42 Å². The van der Waals surface area contributed by atoms with Crippen LogP contribution in [0.4, 0.5) is 0 Å². The first-order chi connectivity index (χ1) is 10.2. The zero-order chi connectivity index (χ0) is 14.7. The zero-order valence-electron chi connectivity index (χ0n) is 10.9. The van der Waals surface area contributed by atoms with E-state index in [2.05, 4.69) is 10.3 Å². The summed E-state index contributed by atoms with van der Waals surface area (Å²) in [5.74, 6) is 0.649. The summed E-state index contributed by atoms with van der Waals surface area (Å²) in [5, 5.41) is 12.9. The molecule has 5 nitrogen and oxygen atoms in total. The Kier molecular flexibility index (Phi) is 3.79. The van der Waals surface area contributed by atoms with E-state index in [9.17, 15) is 9.90 Å². The number of nitrogens with zero attached hydrogens (tertiary/aromatic N) is 1. The highest BCUT2D eigenvalue weighted by Crippen LogP contribution is 2.28. The van der Waals surface area contributed by atoms with Gasteiger partial charge in [0, 0.05) is 5.56 Å². The molecule has 1 aliphatic heterocycles. The lowest BCUT2D eigenvalue weighted by molar-refractivity contribution is -0.115. The van der Waals surface area contributed by atoms with Gasteiger partial charge in [-0.15, -0.1) is 0 Å². The van der Waals surface area contributed by atoms with E-state index in [1.165, 1.54) is 11.8 Å². The van der Waals surface area contributed by atoms with E-state index in [1.54, 1.807) is 42.7 Å². The van der Waals surface area contributed by atoms with Crippen LogP contribution in [-0.4, -0.2) is 16.2 Å². The van der Waals surface area contributed by atoms with E-state index in [0.717, 1.165) is 5.76 Å². The number of carbonyl (C=O) groups excluding carboxylic acids is 1. The summed E-state index contributed by atoms with van der Waals surface area (Å²) < 4.78 is 5.18. The lowest BCUT2D eigenvalue weighted by Crippen LogP contribution is -2.19. The Bertz CT molecular complexity index is 720. The van der Waals surface area contributed by atoms with Gasteiger partial charge in [0.15, 0.2) is 5.17 Å². The number of hydrogen-bond acceptors (Lipinski definition) is 5. The van der Waals surface area contributed by atoms with Crippen molar-refractivity contribution >= 4 is 28.9 Å². The maximum absolute atomic E-state index is 11.9. The smallest absolute Gasteiger partial charge is 0.264 e. The Morgan fingerprint density at radius 2 is 2.14 bits per heavy atom. The summed E-state index contributed by atoms with van der Waals surface area (Å²) in [6, 6.07) is 10.5. The summed E-state index contributed by atoms with van der Waals surface area (Å²) in [4.78, 5) is 16.7. The summed E-state index contributed by atoms with van der Waals surface area (Å²) in [7, 11) is 0. The number of carbonyl (C=O) groups is 1. The Balaban J connectivity index is 1.76. The van der Waals surface area contributed by atoms with Crippen molar-refractivity contribution in [2.24, 2.45) is 4.99 Å². The number of phenolic OH excluding ortho intramolecular Hbond substituents is 1. The van der Waals surface area contributed by atoms with Crippen molar-refractivity contribution in [1.29, 1.82) is 0 Å². The molecule has 2 heterocycles. The van der Waals surface area contributed by atoms with Gasteiger partial charge in [0.25, 0.3) is 5.91 Å². The molecule has 106 valence electrons. The zero-order valence-corrected chi connectivity index (χ0v) is 11.8. The largest absolute Gasteiger partial charge is 0.507 e. The molecule has 6 heteroatoms. The second-order valence-electron chi connectivity index (χ2n) is 4.32. The van der Waals surface area contributed by atoms with Gasteiger partial charge < -0.3 is 14.8 Å². The molecule has 0 unspecified atom stereocenters. The molecule has 0 radical (unpaired) electrons. The molecule has 1 saturated heterocycles. The minimum atomic E-state index is -0.221. The van der Waals surface area contributed by atoms with Gasteiger partial charge in [-0.2, -0.15) is 0 Å². The van der Waals surface area contributed by atoms with E-state index in [1.807, 2.05) is 6.07 Å². The average Bonchev–Trinajstić information content (AvgIpc) is 3.10. The molecule has 1 aliphatic rings. The monoisotopic (exact) mass is 300 g/mol. The van der Waals surface area contributed by atoms with Crippen molar-refractivity contribution in [1.82, 2.24) is 5.32 Å². The van der Waals surface area contributed by atoms with Gasteiger partial charge in [0.05, 0.1) is 17.7 Å². The third-order valence-electron chi connectivity index (χ3n) is 2.83. The number of furan rings is 1. The third-order valence-corrected chi connectivity index (χ3v) is 3.78. The summed E-state index contributed by atoms with van der Waals surface area (Å²) >= 11 is 1.24. The lowest BCUT2D eigenvalue weighted by Gasteiger charge is -1.98. The Morgan fingerprint density at radius 1 is 1.29 bits per heavy atom. The van der Waals surface area contributed by atoms with Crippen molar-refractivity contribution < 1.29 is 14.3 Å². The first-order valence-electron chi connectivity index (χ1n) is 6.28. The summed E-state index contributed by atoms with van der Waals surface area (Å²) in [5.41, 5.74) is 0.599. The van der Waals surface area contributed by atoms with Crippen molar-refractivity contribution in [3.05, 3.63) is 58.9 Å². The second kappa shape index (κ2) is 5.88. The number of rotatable bonds is 3. The predicted octanol–water partition coefficient (Wildman–Crippen LogP) is 2.75. The molecule has 1 amide bonds. The molecule has 0 spiro atoms. The summed E-state index contributed by atoms with van der Waals surface area (Å²) in [6.45, 7) is 0.374. The van der Waals surface area contributed by atoms with Gasteiger partial charge in [-0.3, -0.25) is 9.79 Å². The van der Waals surface area contributed by atoms with Crippen LogP contribution in [-0.2, 0) is 11.3 Å². The van der Waals surface area contributed by atoms with Crippen molar-refractivity contribution in [2.75, 3.05) is 0 Å². The Hall–Kier alpha value is -2.47.